The second-order valence-electron chi connectivity index (χ2n) is 6.69. The SMILES string of the molecule is CN1CCC(CNCC2CCCc3ccccc32)CC1. The Balaban J connectivity index is 1.47. The zero-order valence-corrected chi connectivity index (χ0v) is 12.8. The van der Waals surface area contributed by atoms with Crippen LogP contribution in [-0.4, -0.2) is 38.1 Å². The van der Waals surface area contributed by atoms with Crippen LogP contribution >= 0.6 is 0 Å². The summed E-state index contributed by atoms with van der Waals surface area (Å²) in [5.74, 6) is 1.64. The molecule has 1 atom stereocenters. The van der Waals surface area contributed by atoms with Crippen molar-refractivity contribution < 1.29 is 0 Å². The van der Waals surface area contributed by atoms with Crippen LogP contribution in [0.5, 0.6) is 0 Å². The molecule has 1 saturated heterocycles. The number of hydrogen-bond acceptors (Lipinski definition) is 2. The van der Waals surface area contributed by atoms with Crippen LogP contribution in [0.25, 0.3) is 0 Å². The number of likely N-dealkylation sites (tertiary alicyclic amines) is 1. The Morgan fingerprint density at radius 2 is 1.90 bits per heavy atom. The molecular weight excluding hydrogens is 244 g/mol. The summed E-state index contributed by atoms with van der Waals surface area (Å²) in [6.45, 7) is 4.94. The lowest BCUT2D eigenvalue weighted by Gasteiger charge is -2.30. The number of piperidine rings is 1. The third kappa shape index (κ3) is 3.42. The third-order valence-corrected chi connectivity index (χ3v) is 5.16. The largest absolute Gasteiger partial charge is 0.316 e. The molecule has 20 heavy (non-hydrogen) atoms. The smallest absolute Gasteiger partial charge is 0.00203 e. The highest BCUT2D eigenvalue weighted by Crippen LogP contribution is 2.30. The molecule has 1 unspecified atom stereocenters. The first-order valence-corrected chi connectivity index (χ1v) is 8.30. The first kappa shape index (κ1) is 14.1. The lowest BCUT2D eigenvalue weighted by molar-refractivity contribution is 0.215. The average Bonchev–Trinajstić information content (AvgIpc) is 2.49. The summed E-state index contributed by atoms with van der Waals surface area (Å²) < 4.78 is 0. The van der Waals surface area contributed by atoms with E-state index in [0.29, 0.717) is 0 Å². The zero-order valence-electron chi connectivity index (χ0n) is 12.8. The molecule has 1 aliphatic carbocycles. The molecule has 3 rings (SSSR count). The number of nitrogens with one attached hydrogen (secondary N) is 1. The van der Waals surface area contributed by atoms with Crippen LogP contribution in [0.2, 0.25) is 0 Å². The third-order valence-electron chi connectivity index (χ3n) is 5.16. The van der Waals surface area contributed by atoms with Gasteiger partial charge in [-0.25, -0.2) is 0 Å². The van der Waals surface area contributed by atoms with Crippen LogP contribution in [0.1, 0.15) is 42.7 Å². The van der Waals surface area contributed by atoms with E-state index < -0.39 is 0 Å². The second kappa shape index (κ2) is 6.73. The van der Waals surface area contributed by atoms with Crippen molar-refractivity contribution in [1.82, 2.24) is 10.2 Å². The van der Waals surface area contributed by atoms with Gasteiger partial charge in [0.15, 0.2) is 0 Å². The molecule has 110 valence electrons. The Morgan fingerprint density at radius 3 is 2.75 bits per heavy atom. The Labute approximate surface area is 123 Å². The van der Waals surface area contributed by atoms with Gasteiger partial charge in [-0.1, -0.05) is 24.3 Å². The van der Waals surface area contributed by atoms with Gasteiger partial charge in [-0.2, -0.15) is 0 Å². The summed E-state index contributed by atoms with van der Waals surface area (Å²) in [4.78, 5) is 2.45. The summed E-state index contributed by atoms with van der Waals surface area (Å²) in [5.41, 5.74) is 3.19. The van der Waals surface area contributed by atoms with Crippen LogP contribution in [-0.2, 0) is 6.42 Å². The van der Waals surface area contributed by atoms with Crippen LogP contribution in [0, 0.1) is 5.92 Å². The molecule has 0 amide bonds. The molecule has 1 aliphatic heterocycles. The summed E-state index contributed by atoms with van der Waals surface area (Å²) in [6.07, 6.45) is 6.73. The van der Waals surface area contributed by atoms with Crippen LogP contribution in [0.4, 0.5) is 0 Å². The molecule has 0 spiro atoms. The van der Waals surface area contributed by atoms with E-state index in [2.05, 4.69) is 41.5 Å². The highest BCUT2D eigenvalue weighted by molar-refractivity contribution is 5.32. The number of aryl methyl sites for hydroxylation is 1. The fraction of sp³-hybridized carbons (Fsp3) is 0.667. The van der Waals surface area contributed by atoms with Crippen molar-refractivity contribution in [1.29, 1.82) is 0 Å². The van der Waals surface area contributed by atoms with Gasteiger partial charge in [0, 0.05) is 6.54 Å². The molecule has 0 aromatic heterocycles. The minimum Gasteiger partial charge on any atom is -0.316 e. The van der Waals surface area contributed by atoms with Crippen molar-refractivity contribution in [3.8, 4) is 0 Å². The number of nitrogens with zero attached hydrogens (tertiary/aromatic N) is 1. The van der Waals surface area contributed by atoms with Gasteiger partial charge in [-0.3, -0.25) is 0 Å². The molecule has 1 aromatic carbocycles. The molecule has 0 saturated carbocycles. The fourth-order valence-electron chi connectivity index (χ4n) is 3.79. The number of fused-ring (bicyclic) bond motifs is 1. The molecule has 1 heterocycles. The zero-order chi connectivity index (χ0) is 13.8. The molecule has 1 fully saturated rings. The maximum Gasteiger partial charge on any atom is 0.00203 e. The molecule has 2 aliphatic rings. The lowest BCUT2D eigenvalue weighted by atomic mass is 9.83. The van der Waals surface area contributed by atoms with Crippen molar-refractivity contribution in [3.05, 3.63) is 35.4 Å². The Kier molecular flexibility index (Phi) is 4.74. The van der Waals surface area contributed by atoms with E-state index in [0.717, 1.165) is 11.8 Å². The predicted molar refractivity (Wildman–Crippen MR) is 85.2 cm³/mol. The van der Waals surface area contributed by atoms with Crippen molar-refractivity contribution in [2.24, 2.45) is 5.92 Å². The highest BCUT2D eigenvalue weighted by atomic mass is 15.1. The fourth-order valence-corrected chi connectivity index (χ4v) is 3.79. The molecule has 2 heteroatoms. The van der Waals surface area contributed by atoms with Crippen molar-refractivity contribution >= 4 is 0 Å². The molecule has 2 nitrogen and oxygen atoms in total. The average molecular weight is 272 g/mol. The molecule has 1 N–H and O–H groups in total. The van der Waals surface area contributed by atoms with Crippen molar-refractivity contribution in [2.45, 2.75) is 38.0 Å². The Bertz CT molecular complexity index is 421. The van der Waals surface area contributed by atoms with Gasteiger partial charge in [0.05, 0.1) is 0 Å². The van der Waals surface area contributed by atoms with E-state index >= 15 is 0 Å². The maximum absolute atomic E-state index is 3.76. The number of rotatable bonds is 4. The quantitative estimate of drug-likeness (QED) is 0.906. The van der Waals surface area contributed by atoms with E-state index in [4.69, 9.17) is 0 Å². The summed E-state index contributed by atoms with van der Waals surface area (Å²) in [6, 6.07) is 9.05. The van der Waals surface area contributed by atoms with Crippen molar-refractivity contribution in [2.75, 3.05) is 33.2 Å². The minimum atomic E-state index is 0.742. The predicted octanol–water partition coefficient (Wildman–Crippen LogP) is 3.04. The summed E-state index contributed by atoms with van der Waals surface area (Å²) >= 11 is 0. The van der Waals surface area contributed by atoms with Crippen molar-refractivity contribution in [3.63, 3.8) is 0 Å². The minimum absolute atomic E-state index is 0.742. The molecule has 0 radical (unpaired) electrons. The van der Waals surface area contributed by atoms with Crippen LogP contribution in [0.3, 0.4) is 0 Å². The number of benzene rings is 1. The second-order valence-corrected chi connectivity index (χ2v) is 6.69. The Morgan fingerprint density at radius 1 is 1.10 bits per heavy atom. The lowest BCUT2D eigenvalue weighted by Crippen LogP contribution is -2.36. The molecule has 0 bridgehead atoms. The van der Waals surface area contributed by atoms with Crippen LogP contribution < -0.4 is 5.32 Å². The summed E-state index contributed by atoms with van der Waals surface area (Å²) in [5, 5.41) is 3.76. The number of hydrogen-bond donors (Lipinski definition) is 1. The maximum atomic E-state index is 3.76. The molecule has 1 aromatic rings. The Hall–Kier alpha value is -0.860. The van der Waals surface area contributed by atoms with Gasteiger partial charge in [0.25, 0.3) is 0 Å². The van der Waals surface area contributed by atoms with E-state index in [1.165, 1.54) is 58.3 Å². The first-order chi connectivity index (χ1) is 9.83. The monoisotopic (exact) mass is 272 g/mol. The molecular formula is C18H28N2. The van der Waals surface area contributed by atoms with Crippen LogP contribution in [0.15, 0.2) is 24.3 Å². The van der Waals surface area contributed by atoms with Gasteiger partial charge in [0.2, 0.25) is 0 Å². The van der Waals surface area contributed by atoms with Gasteiger partial charge in [0.1, 0.15) is 0 Å². The normalized spacial score (nSPS) is 24.6. The summed E-state index contributed by atoms with van der Waals surface area (Å²) in [7, 11) is 2.24. The standard InChI is InChI=1S/C18H28N2/c1-20-11-9-15(10-12-20)13-19-14-17-7-4-6-16-5-2-3-8-18(16)17/h2-3,5,8,15,17,19H,4,6-7,9-14H2,1H3. The first-order valence-electron chi connectivity index (χ1n) is 8.30. The topological polar surface area (TPSA) is 15.3 Å². The van der Waals surface area contributed by atoms with Gasteiger partial charge >= 0.3 is 0 Å². The van der Waals surface area contributed by atoms with Gasteiger partial charge in [-0.15, -0.1) is 0 Å². The van der Waals surface area contributed by atoms with E-state index in [1.807, 2.05) is 0 Å². The van der Waals surface area contributed by atoms with Gasteiger partial charge in [-0.05, 0) is 81.7 Å². The highest BCUT2D eigenvalue weighted by Gasteiger charge is 2.20. The van der Waals surface area contributed by atoms with E-state index in [-0.39, 0.29) is 0 Å². The van der Waals surface area contributed by atoms with E-state index in [9.17, 15) is 0 Å². The van der Waals surface area contributed by atoms with Gasteiger partial charge < -0.3 is 10.2 Å². The van der Waals surface area contributed by atoms with E-state index in [1.54, 1.807) is 11.1 Å².